The fraction of sp³-hybridized carbons (Fsp3) is 0.500. The lowest BCUT2D eigenvalue weighted by Crippen LogP contribution is -2.51. The molecular weight excluding hydrogens is 454 g/mol. The van der Waals surface area contributed by atoms with Crippen LogP contribution in [-0.4, -0.2) is 62.8 Å². The number of benzene rings is 1. The number of piperidine rings is 1. The van der Waals surface area contributed by atoms with Gasteiger partial charge in [-0.15, -0.1) is 11.3 Å². The van der Waals surface area contributed by atoms with Gasteiger partial charge in [-0.3, -0.25) is 4.79 Å². The van der Waals surface area contributed by atoms with Crippen LogP contribution in [0, 0.1) is 11.8 Å². The predicted octanol–water partition coefficient (Wildman–Crippen LogP) is 3.79. The monoisotopic (exact) mass is 481 g/mol. The Bertz CT molecular complexity index is 996. The number of para-hydroxylation sites is 1. The summed E-state index contributed by atoms with van der Waals surface area (Å²) in [5, 5.41) is 0. The fourth-order valence-corrected chi connectivity index (χ4v) is 7.60. The van der Waals surface area contributed by atoms with E-state index in [2.05, 4.69) is 17.0 Å². The number of hydrogen-bond donors (Lipinski definition) is 0. The van der Waals surface area contributed by atoms with Crippen LogP contribution in [0.3, 0.4) is 0 Å². The molecule has 1 atom stereocenters. The molecule has 168 valence electrons. The van der Waals surface area contributed by atoms with Crippen molar-refractivity contribution in [2.24, 2.45) is 11.8 Å². The molecule has 6 nitrogen and oxygen atoms in total. The number of rotatable bonds is 5. The van der Waals surface area contributed by atoms with Crippen molar-refractivity contribution in [2.75, 3.05) is 44.2 Å². The number of nitrogens with zero attached hydrogens (tertiary/aromatic N) is 3. The summed E-state index contributed by atoms with van der Waals surface area (Å²) in [6, 6.07) is 13.5. The molecule has 2 aliphatic heterocycles. The molecule has 2 fully saturated rings. The third kappa shape index (κ3) is 4.92. The number of hydrogen-bond acceptors (Lipinski definition) is 5. The Hall–Kier alpha value is -1.61. The van der Waals surface area contributed by atoms with E-state index in [-0.39, 0.29) is 22.0 Å². The Morgan fingerprint density at radius 1 is 1.00 bits per heavy atom. The molecule has 0 saturated carbocycles. The Labute approximate surface area is 193 Å². The van der Waals surface area contributed by atoms with Crippen LogP contribution < -0.4 is 4.90 Å². The van der Waals surface area contributed by atoms with Crippen LogP contribution in [-0.2, 0) is 14.8 Å². The van der Waals surface area contributed by atoms with Crippen molar-refractivity contribution in [2.45, 2.75) is 24.0 Å². The van der Waals surface area contributed by atoms with Crippen LogP contribution in [0.5, 0.6) is 0 Å². The molecule has 1 aromatic carbocycles. The number of carbonyl (C=O) groups is 1. The second kappa shape index (κ2) is 9.48. The average Bonchev–Trinajstić information content (AvgIpc) is 3.26. The van der Waals surface area contributed by atoms with Crippen LogP contribution in [0.4, 0.5) is 5.69 Å². The second-order valence-corrected chi connectivity index (χ2v) is 12.1. The summed E-state index contributed by atoms with van der Waals surface area (Å²) in [5.41, 5.74) is 1.20. The second-order valence-electron chi connectivity index (χ2n) is 8.24. The number of amides is 1. The first-order valence-corrected chi connectivity index (χ1v) is 13.3. The molecule has 2 aromatic rings. The number of sulfonamides is 1. The van der Waals surface area contributed by atoms with Gasteiger partial charge in [-0.25, -0.2) is 8.42 Å². The van der Waals surface area contributed by atoms with Crippen LogP contribution in [0.25, 0.3) is 0 Å². The Morgan fingerprint density at radius 3 is 2.23 bits per heavy atom. The SMILES string of the molecule is C[C@H](C(=O)N1CCN(c2ccccc2)CC1)C1CCN(S(=O)(=O)c2ccc(Cl)s2)CC1. The van der Waals surface area contributed by atoms with Gasteiger partial charge in [0.05, 0.1) is 4.34 Å². The first kappa shape index (κ1) is 22.6. The Kier molecular flexibility index (Phi) is 6.91. The van der Waals surface area contributed by atoms with E-state index in [9.17, 15) is 13.2 Å². The number of piperazine rings is 1. The van der Waals surface area contributed by atoms with Gasteiger partial charge in [-0.1, -0.05) is 36.7 Å². The maximum absolute atomic E-state index is 13.1. The zero-order valence-corrected chi connectivity index (χ0v) is 20.0. The lowest BCUT2D eigenvalue weighted by atomic mass is 9.85. The zero-order chi connectivity index (χ0) is 22.0. The minimum atomic E-state index is -3.50. The lowest BCUT2D eigenvalue weighted by molar-refractivity contribution is -0.137. The molecular formula is C22H28ClN3O3S2. The maximum Gasteiger partial charge on any atom is 0.252 e. The summed E-state index contributed by atoms with van der Waals surface area (Å²) in [5.74, 6) is 0.307. The van der Waals surface area contributed by atoms with Gasteiger partial charge in [0.25, 0.3) is 10.0 Å². The average molecular weight is 482 g/mol. The van der Waals surface area contributed by atoms with E-state index in [1.54, 1.807) is 12.1 Å². The van der Waals surface area contributed by atoms with Crippen LogP contribution in [0.15, 0.2) is 46.7 Å². The summed E-state index contributed by atoms with van der Waals surface area (Å²) >= 11 is 7.00. The normalized spacial score (nSPS) is 20.1. The van der Waals surface area contributed by atoms with Crippen molar-refractivity contribution in [3.8, 4) is 0 Å². The van der Waals surface area contributed by atoms with Gasteiger partial charge in [0.2, 0.25) is 5.91 Å². The summed E-state index contributed by atoms with van der Waals surface area (Å²) < 4.78 is 27.9. The van der Waals surface area contributed by atoms with Crippen molar-refractivity contribution in [1.82, 2.24) is 9.21 Å². The molecule has 0 N–H and O–H groups in total. The van der Waals surface area contributed by atoms with Gasteiger partial charge in [-0.05, 0) is 43.0 Å². The first-order chi connectivity index (χ1) is 14.9. The van der Waals surface area contributed by atoms with Gasteiger partial charge >= 0.3 is 0 Å². The molecule has 9 heteroatoms. The zero-order valence-electron chi connectivity index (χ0n) is 17.6. The van der Waals surface area contributed by atoms with E-state index in [0.717, 1.165) is 37.5 Å². The van der Waals surface area contributed by atoms with Crippen molar-refractivity contribution in [1.29, 1.82) is 0 Å². The number of halogens is 1. The quantitative estimate of drug-likeness (QED) is 0.652. The summed E-state index contributed by atoms with van der Waals surface area (Å²) in [7, 11) is -3.50. The third-order valence-corrected chi connectivity index (χ3v) is 10.0. The van der Waals surface area contributed by atoms with E-state index < -0.39 is 10.0 Å². The van der Waals surface area contributed by atoms with Gasteiger partial charge < -0.3 is 9.80 Å². The summed E-state index contributed by atoms with van der Waals surface area (Å²) in [4.78, 5) is 17.4. The molecule has 1 amide bonds. The standard InChI is InChI=1S/C22H28ClN3O3S2/c1-17(22(27)25-15-13-24(14-16-25)19-5-3-2-4-6-19)18-9-11-26(12-10-18)31(28,29)21-8-7-20(23)30-21/h2-8,17-18H,9-16H2,1H3/t17-/m0/s1. The summed E-state index contributed by atoms with van der Waals surface area (Å²) in [6.45, 7) is 6.02. The Balaban J connectivity index is 1.30. The van der Waals surface area contributed by atoms with Gasteiger partial charge in [0.1, 0.15) is 4.21 Å². The van der Waals surface area contributed by atoms with E-state index in [1.165, 1.54) is 9.99 Å². The minimum Gasteiger partial charge on any atom is -0.368 e. The van der Waals surface area contributed by atoms with E-state index >= 15 is 0 Å². The highest BCUT2D eigenvalue weighted by atomic mass is 35.5. The molecule has 2 saturated heterocycles. The molecule has 2 aliphatic rings. The molecule has 0 radical (unpaired) electrons. The van der Waals surface area contributed by atoms with Crippen molar-refractivity contribution >= 4 is 44.6 Å². The molecule has 3 heterocycles. The van der Waals surface area contributed by atoms with Crippen LogP contribution in [0.1, 0.15) is 19.8 Å². The molecule has 1 aromatic heterocycles. The number of thiophene rings is 1. The first-order valence-electron chi connectivity index (χ1n) is 10.7. The van der Waals surface area contributed by atoms with Crippen molar-refractivity contribution < 1.29 is 13.2 Å². The molecule has 0 aliphatic carbocycles. The topological polar surface area (TPSA) is 60.9 Å². The molecule has 0 bridgehead atoms. The largest absolute Gasteiger partial charge is 0.368 e. The smallest absolute Gasteiger partial charge is 0.252 e. The molecule has 31 heavy (non-hydrogen) atoms. The van der Waals surface area contributed by atoms with Crippen molar-refractivity contribution in [3.63, 3.8) is 0 Å². The van der Waals surface area contributed by atoms with Crippen LogP contribution >= 0.6 is 22.9 Å². The van der Waals surface area contributed by atoms with Gasteiger partial charge in [0, 0.05) is 50.9 Å². The number of carbonyl (C=O) groups excluding carboxylic acids is 1. The predicted molar refractivity (Wildman–Crippen MR) is 125 cm³/mol. The van der Waals surface area contributed by atoms with Crippen LogP contribution in [0.2, 0.25) is 4.34 Å². The lowest BCUT2D eigenvalue weighted by Gasteiger charge is -2.39. The van der Waals surface area contributed by atoms with Gasteiger partial charge in [-0.2, -0.15) is 4.31 Å². The highest BCUT2D eigenvalue weighted by Crippen LogP contribution is 2.33. The molecule has 0 unspecified atom stereocenters. The van der Waals surface area contributed by atoms with E-state index in [0.29, 0.717) is 30.3 Å². The Morgan fingerprint density at radius 2 is 1.65 bits per heavy atom. The molecule has 0 spiro atoms. The highest BCUT2D eigenvalue weighted by Gasteiger charge is 2.36. The van der Waals surface area contributed by atoms with Gasteiger partial charge in [0.15, 0.2) is 0 Å². The fourth-order valence-electron chi connectivity index (χ4n) is 4.49. The maximum atomic E-state index is 13.1. The van der Waals surface area contributed by atoms with E-state index in [1.807, 2.05) is 30.0 Å². The van der Waals surface area contributed by atoms with Crippen molar-refractivity contribution in [3.05, 3.63) is 46.8 Å². The minimum absolute atomic E-state index is 0.0932. The number of anilines is 1. The summed E-state index contributed by atoms with van der Waals surface area (Å²) in [6.07, 6.45) is 1.41. The third-order valence-electron chi connectivity index (χ3n) is 6.45. The molecule has 4 rings (SSSR count). The highest BCUT2D eigenvalue weighted by molar-refractivity contribution is 7.91. The van der Waals surface area contributed by atoms with E-state index in [4.69, 9.17) is 11.6 Å².